The van der Waals surface area contributed by atoms with Crippen molar-refractivity contribution in [3.8, 4) is 0 Å². The maximum absolute atomic E-state index is 13.7. The predicted octanol–water partition coefficient (Wildman–Crippen LogP) is 5.40. The van der Waals surface area contributed by atoms with Gasteiger partial charge in [-0.25, -0.2) is 8.42 Å². The molecule has 0 aliphatic rings. The Labute approximate surface area is 195 Å². The lowest BCUT2D eigenvalue weighted by Gasteiger charge is -2.24. The Balaban J connectivity index is 1.97. The lowest BCUT2D eigenvalue weighted by molar-refractivity contribution is -0.116. The molecule has 168 valence electrons. The minimum atomic E-state index is -3.95. The van der Waals surface area contributed by atoms with Crippen LogP contribution >= 0.6 is 11.6 Å². The average Bonchev–Trinajstić information content (AvgIpc) is 2.70. The van der Waals surface area contributed by atoms with E-state index in [0.29, 0.717) is 21.8 Å². The number of benzene rings is 3. The quantitative estimate of drug-likeness (QED) is 0.502. The first-order chi connectivity index (χ1) is 15.1. The molecule has 3 rings (SSSR count). The second-order valence-corrected chi connectivity index (χ2v) is 10.3. The van der Waals surface area contributed by atoms with E-state index in [2.05, 4.69) is 5.32 Å². The molecule has 1 N–H and O–H groups in total. The van der Waals surface area contributed by atoms with Gasteiger partial charge in [-0.05, 0) is 68.1 Å². The number of carbonyl (C=O) groups excluding carboxylic acids is 1. The Morgan fingerprint density at radius 3 is 2.09 bits per heavy atom. The van der Waals surface area contributed by atoms with Crippen LogP contribution in [0.4, 0.5) is 5.69 Å². The summed E-state index contributed by atoms with van der Waals surface area (Å²) in [6, 6.07) is 18.0. The zero-order valence-electron chi connectivity index (χ0n) is 18.6. The van der Waals surface area contributed by atoms with Gasteiger partial charge < -0.3 is 5.32 Å². The highest BCUT2D eigenvalue weighted by molar-refractivity contribution is 7.89. The summed E-state index contributed by atoms with van der Waals surface area (Å²) >= 11 is 5.98. The maximum atomic E-state index is 13.7. The monoisotopic (exact) mass is 470 g/mol. The molecule has 3 aromatic rings. The lowest BCUT2D eigenvalue weighted by atomic mass is 10.1. The molecule has 0 aliphatic heterocycles. The van der Waals surface area contributed by atoms with Crippen molar-refractivity contribution in [2.24, 2.45) is 0 Å². The van der Waals surface area contributed by atoms with E-state index in [0.717, 1.165) is 16.7 Å². The summed E-state index contributed by atoms with van der Waals surface area (Å²) < 4.78 is 28.7. The number of aryl methyl sites for hydroxylation is 4. The van der Waals surface area contributed by atoms with E-state index in [-0.39, 0.29) is 18.0 Å². The van der Waals surface area contributed by atoms with Crippen LogP contribution in [0.1, 0.15) is 27.8 Å². The zero-order valence-corrected chi connectivity index (χ0v) is 20.2. The Kier molecular flexibility index (Phi) is 7.39. The van der Waals surface area contributed by atoms with E-state index >= 15 is 0 Å². The molecule has 0 unspecified atom stereocenters. The fraction of sp³-hybridized carbons (Fsp3) is 0.240. The largest absolute Gasteiger partial charge is 0.325 e. The van der Waals surface area contributed by atoms with Crippen molar-refractivity contribution < 1.29 is 13.2 Å². The summed E-state index contributed by atoms with van der Waals surface area (Å²) in [5.41, 5.74) is 4.60. The molecule has 0 fully saturated rings. The fourth-order valence-electron chi connectivity index (χ4n) is 3.79. The number of hydrogen-bond acceptors (Lipinski definition) is 3. The van der Waals surface area contributed by atoms with Gasteiger partial charge in [-0.15, -0.1) is 0 Å². The number of amides is 1. The summed E-state index contributed by atoms with van der Waals surface area (Å²) in [5, 5.41) is 3.39. The van der Waals surface area contributed by atoms with Crippen LogP contribution in [-0.2, 0) is 21.4 Å². The first-order valence-electron chi connectivity index (χ1n) is 10.3. The molecule has 0 spiro atoms. The summed E-state index contributed by atoms with van der Waals surface area (Å²) in [7, 11) is -3.95. The SMILES string of the molecule is Cc1cc(C)c(S(=O)(=O)N(CC(=O)Nc2ccccc2C)Cc2ccc(Cl)cc2)c(C)c1. The molecule has 0 radical (unpaired) electrons. The third-order valence-electron chi connectivity index (χ3n) is 5.21. The van der Waals surface area contributed by atoms with Gasteiger partial charge in [-0.1, -0.05) is 59.6 Å². The second-order valence-electron chi connectivity index (χ2n) is 7.99. The third kappa shape index (κ3) is 5.57. The molecular weight excluding hydrogens is 444 g/mol. The van der Waals surface area contributed by atoms with E-state index in [1.807, 2.05) is 44.2 Å². The first kappa shape index (κ1) is 24.0. The molecule has 0 aliphatic carbocycles. The smallest absolute Gasteiger partial charge is 0.244 e. The van der Waals surface area contributed by atoms with Crippen LogP contribution in [0.2, 0.25) is 5.02 Å². The Bertz CT molecular complexity index is 1220. The van der Waals surface area contributed by atoms with Crippen LogP contribution < -0.4 is 5.32 Å². The fourth-order valence-corrected chi connectivity index (χ4v) is 5.71. The van der Waals surface area contributed by atoms with Gasteiger partial charge in [0.2, 0.25) is 15.9 Å². The predicted molar refractivity (Wildman–Crippen MR) is 130 cm³/mol. The number of hydrogen-bond donors (Lipinski definition) is 1. The molecule has 3 aromatic carbocycles. The van der Waals surface area contributed by atoms with Crippen molar-refractivity contribution in [3.63, 3.8) is 0 Å². The second kappa shape index (κ2) is 9.86. The number of anilines is 1. The van der Waals surface area contributed by atoms with Crippen LogP contribution in [0, 0.1) is 27.7 Å². The number of nitrogens with one attached hydrogen (secondary N) is 1. The lowest BCUT2D eigenvalue weighted by Crippen LogP contribution is -2.38. The highest BCUT2D eigenvalue weighted by Crippen LogP contribution is 2.27. The minimum Gasteiger partial charge on any atom is -0.325 e. The van der Waals surface area contributed by atoms with Gasteiger partial charge in [0.15, 0.2) is 0 Å². The minimum absolute atomic E-state index is 0.0491. The summed E-state index contributed by atoms with van der Waals surface area (Å²) in [5.74, 6) is -0.403. The number of halogens is 1. The molecule has 7 heteroatoms. The van der Waals surface area contributed by atoms with Gasteiger partial charge in [0, 0.05) is 17.3 Å². The molecule has 0 saturated heterocycles. The van der Waals surface area contributed by atoms with Gasteiger partial charge in [0.1, 0.15) is 0 Å². The Morgan fingerprint density at radius 1 is 0.906 bits per heavy atom. The van der Waals surface area contributed by atoms with E-state index in [1.165, 1.54) is 4.31 Å². The highest BCUT2D eigenvalue weighted by atomic mass is 35.5. The molecule has 1 amide bonds. The topological polar surface area (TPSA) is 66.5 Å². The van der Waals surface area contributed by atoms with Crippen molar-refractivity contribution in [1.82, 2.24) is 4.31 Å². The van der Waals surface area contributed by atoms with E-state index in [1.54, 1.807) is 44.2 Å². The Morgan fingerprint density at radius 2 is 1.50 bits per heavy atom. The van der Waals surface area contributed by atoms with E-state index in [4.69, 9.17) is 11.6 Å². The van der Waals surface area contributed by atoms with Gasteiger partial charge in [0.25, 0.3) is 0 Å². The first-order valence-corrected chi connectivity index (χ1v) is 12.1. The number of rotatable bonds is 7. The van der Waals surface area contributed by atoms with Gasteiger partial charge in [-0.2, -0.15) is 4.31 Å². The molecule has 0 heterocycles. The number of nitrogens with zero attached hydrogens (tertiary/aromatic N) is 1. The van der Waals surface area contributed by atoms with Gasteiger partial charge in [-0.3, -0.25) is 4.79 Å². The normalized spacial score (nSPS) is 11.6. The Hall–Kier alpha value is -2.67. The molecule has 0 aromatic heterocycles. The van der Waals surface area contributed by atoms with Crippen LogP contribution in [0.3, 0.4) is 0 Å². The molecule has 0 saturated carbocycles. The van der Waals surface area contributed by atoms with Gasteiger partial charge in [0.05, 0.1) is 11.4 Å². The third-order valence-corrected chi connectivity index (χ3v) is 7.56. The van der Waals surface area contributed by atoms with Crippen molar-refractivity contribution in [3.05, 3.63) is 93.5 Å². The van der Waals surface area contributed by atoms with Crippen LogP contribution in [0.25, 0.3) is 0 Å². The summed E-state index contributed by atoms with van der Waals surface area (Å²) in [6.45, 7) is 7.11. The van der Waals surface area contributed by atoms with Crippen LogP contribution in [-0.4, -0.2) is 25.2 Å². The molecule has 0 bridgehead atoms. The molecule has 5 nitrogen and oxygen atoms in total. The summed E-state index contributed by atoms with van der Waals surface area (Å²) in [6.07, 6.45) is 0. The van der Waals surface area contributed by atoms with E-state index in [9.17, 15) is 13.2 Å². The number of para-hydroxylation sites is 1. The number of sulfonamides is 1. The molecule has 32 heavy (non-hydrogen) atoms. The molecule has 0 atom stereocenters. The average molecular weight is 471 g/mol. The maximum Gasteiger partial charge on any atom is 0.244 e. The molecular formula is C25H27ClN2O3S. The standard InChI is InChI=1S/C25H27ClN2O3S/c1-17-13-19(3)25(20(4)14-17)32(30,31)28(15-21-9-11-22(26)12-10-21)16-24(29)27-23-8-6-5-7-18(23)2/h5-14H,15-16H2,1-4H3,(H,27,29). The van der Waals surface area contributed by atoms with Crippen LogP contribution in [0.5, 0.6) is 0 Å². The van der Waals surface area contributed by atoms with Crippen molar-refractivity contribution in [1.29, 1.82) is 0 Å². The van der Waals surface area contributed by atoms with Gasteiger partial charge >= 0.3 is 0 Å². The van der Waals surface area contributed by atoms with E-state index < -0.39 is 15.9 Å². The zero-order chi connectivity index (χ0) is 23.5. The van der Waals surface area contributed by atoms with Crippen molar-refractivity contribution in [2.75, 3.05) is 11.9 Å². The highest BCUT2D eigenvalue weighted by Gasteiger charge is 2.30. The summed E-state index contributed by atoms with van der Waals surface area (Å²) in [4.78, 5) is 13.1. The van der Waals surface area contributed by atoms with Crippen molar-refractivity contribution >= 4 is 33.2 Å². The van der Waals surface area contributed by atoms with Crippen LogP contribution in [0.15, 0.2) is 65.6 Å². The van der Waals surface area contributed by atoms with Crippen molar-refractivity contribution in [2.45, 2.75) is 39.1 Å². The number of carbonyl (C=O) groups is 1.